The summed E-state index contributed by atoms with van der Waals surface area (Å²) >= 11 is 5.87. The molecule has 120 valence electrons. The Balaban J connectivity index is 1.99. The molecule has 0 bridgehead atoms. The van der Waals surface area contributed by atoms with Crippen LogP contribution in [0.25, 0.3) is 0 Å². The van der Waals surface area contributed by atoms with Crippen molar-refractivity contribution in [3.8, 4) is 0 Å². The lowest BCUT2D eigenvalue weighted by molar-refractivity contribution is -0.625. The molecule has 1 fully saturated rings. The van der Waals surface area contributed by atoms with E-state index in [4.69, 9.17) is 16.4 Å². The van der Waals surface area contributed by atoms with Crippen LogP contribution in [0.1, 0.15) is 27.2 Å². The summed E-state index contributed by atoms with van der Waals surface area (Å²) < 4.78 is 0. The predicted molar refractivity (Wildman–Crippen MR) is 80.0 cm³/mol. The maximum absolute atomic E-state index is 12.2. The molecule has 1 aromatic rings. The lowest BCUT2D eigenvalue weighted by Gasteiger charge is -2.17. The molecule has 1 aromatic heterocycles. The standard InChI is InChI=1S/C13H18ClN5O3/c1-13(2,3)16-19(21)17-22-11-4-5-18(12(11)20)10-6-9(14)7-15-8-10/h6-8,11H,4-5H2,1-3H3,(H,16,17)/t11-/m1/s1. The van der Waals surface area contributed by atoms with E-state index in [1.54, 1.807) is 12.3 Å². The third-order valence-electron chi connectivity index (χ3n) is 2.84. The molecule has 2 heterocycles. The third-order valence-corrected chi connectivity index (χ3v) is 3.04. The second-order valence-electron chi connectivity index (χ2n) is 5.95. The molecule has 1 amide bonds. The Morgan fingerprint density at radius 2 is 2.27 bits per heavy atom. The van der Waals surface area contributed by atoms with E-state index < -0.39 is 11.6 Å². The number of hydrogen-bond acceptors (Lipinski definition) is 5. The van der Waals surface area contributed by atoms with Gasteiger partial charge in [-0.15, -0.1) is 0 Å². The van der Waals surface area contributed by atoms with Crippen molar-refractivity contribution in [2.45, 2.75) is 38.8 Å². The number of pyridine rings is 1. The SMILES string of the molecule is CC(C)(C)N/[N+]([O-])=N/O[C@@H]1CCN(c2cncc(Cl)c2)C1=O. The maximum Gasteiger partial charge on any atom is 0.271 e. The Morgan fingerprint density at radius 1 is 1.55 bits per heavy atom. The van der Waals surface area contributed by atoms with Crippen LogP contribution in [-0.4, -0.2) is 34.0 Å². The topological polar surface area (TPSA) is 92.9 Å². The average molecular weight is 328 g/mol. The molecule has 0 radical (unpaired) electrons. The quantitative estimate of drug-likeness (QED) is 0.519. The van der Waals surface area contributed by atoms with Crippen molar-refractivity contribution in [3.05, 3.63) is 28.7 Å². The summed E-state index contributed by atoms with van der Waals surface area (Å²) in [6.07, 6.45) is 2.67. The van der Waals surface area contributed by atoms with Gasteiger partial charge in [0.2, 0.25) is 11.4 Å². The molecule has 1 atom stereocenters. The zero-order valence-corrected chi connectivity index (χ0v) is 13.4. The van der Waals surface area contributed by atoms with Gasteiger partial charge in [0.25, 0.3) is 5.91 Å². The largest absolute Gasteiger partial charge is 0.569 e. The highest BCUT2D eigenvalue weighted by Crippen LogP contribution is 2.24. The number of anilines is 1. The molecule has 8 nitrogen and oxygen atoms in total. The highest BCUT2D eigenvalue weighted by molar-refractivity contribution is 6.30. The van der Waals surface area contributed by atoms with Gasteiger partial charge in [-0.3, -0.25) is 9.78 Å². The van der Waals surface area contributed by atoms with Gasteiger partial charge in [0.15, 0.2) is 0 Å². The van der Waals surface area contributed by atoms with Crippen molar-refractivity contribution in [1.29, 1.82) is 0 Å². The van der Waals surface area contributed by atoms with E-state index in [1.807, 2.05) is 20.8 Å². The lowest BCUT2D eigenvalue weighted by Crippen LogP contribution is -2.41. The van der Waals surface area contributed by atoms with E-state index in [2.05, 4.69) is 15.7 Å². The minimum absolute atomic E-state index is 0.219. The van der Waals surface area contributed by atoms with Gasteiger partial charge < -0.3 is 14.9 Å². The van der Waals surface area contributed by atoms with Crippen LogP contribution in [0, 0.1) is 5.21 Å². The number of hydrazine groups is 1. The van der Waals surface area contributed by atoms with Gasteiger partial charge >= 0.3 is 0 Å². The summed E-state index contributed by atoms with van der Waals surface area (Å²) in [6, 6.07) is 1.65. The Morgan fingerprint density at radius 3 is 2.91 bits per heavy atom. The molecule has 0 aromatic carbocycles. The van der Waals surface area contributed by atoms with Crippen LogP contribution in [0.15, 0.2) is 23.7 Å². The number of amides is 1. The van der Waals surface area contributed by atoms with Gasteiger partial charge in [0.1, 0.15) is 0 Å². The Bertz CT molecular complexity index is 587. The van der Waals surface area contributed by atoms with E-state index in [9.17, 15) is 10.0 Å². The fourth-order valence-corrected chi connectivity index (χ4v) is 2.13. The second kappa shape index (κ2) is 6.35. The number of hydrogen-bond donors (Lipinski definition) is 1. The van der Waals surface area contributed by atoms with Crippen LogP contribution in [0.4, 0.5) is 5.69 Å². The van der Waals surface area contributed by atoms with Crippen LogP contribution < -0.4 is 10.3 Å². The molecular weight excluding hydrogens is 310 g/mol. The summed E-state index contributed by atoms with van der Waals surface area (Å²) in [5.41, 5.74) is 2.68. The van der Waals surface area contributed by atoms with Crippen molar-refractivity contribution in [3.63, 3.8) is 0 Å². The fourth-order valence-electron chi connectivity index (χ4n) is 1.96. The molecule has 1 aliphatic heterocycles. The van der Waals surface area contributed by atoms with Crippen LogP contribution in [0.5, 0.6) is 0 Å². The van der Waals surface area contributed by atoms with Crippen LogP contribution in [-0.2, 0) is 9.63 Å². The first kappa shape index (κ1) is 16.3. The van der Waals surface area contributed by atoms with Gasteiger partial charge in [0.05, 0.1) is 27.4 Å². The normalized spacial score (nSPS) is 19.5. The predicted octanol–water partition coefficient (Wildman–Crippen LogP) is 2.04. The van der Waals surface area contributed by atoms with E-state index in [1.165, 1.54) is 11.1 Å². The van der Waals surface area contributed by atoms with Gasteiger partial charge in [-0.2, -0.15) is 5.43 Å². The number of halogens is 1. The van der Waals surface area contributed by atoms with E-state index in [0.29, 0.717) is 23.7 Å². The van der Waals surface area contributed by atoms with Crippen LogP contribution in [0.2, 0.25) is 5.02 Å². The van der Waals surface area contributed by atoms with Gasteiger partial charge in [-0.25, -0.2) is 0 Å². The zero-order chi connectivity index (χ0) is 16.3. The Hall–Kier alpha value is -2.09. The monoisotopic (exact) mass is 327 g/mol. The number of rotatable bonds is 4. The zero-order valence-electron chi connectivity index (χ0n) is 12.6. The number of nitrogens with zero attached hydrogens (tertiary/aromatic N) is 4. The summed E-state index contributed by atoms with van der Waals surface area (Å²) in [5, 5.41) is 15.3. The Labute approximate surface area is 133 Å². The second-order valence-corrected chi connectivity index (χ2v) is 6.39. The first-order valence-corrected chi connectivity index (χ1v) is 7.18. The number of nitrogens with one attached hydrogen (secondary N) is 1. The van der Waals surface area contributed by atoms with Crippen molar-refractivity contribution in [2.75, 3.05) is 11.4 Å². The molecule has 22 heavy (non-hydrogen) atoms. The molecule has 0 unspecified atom stereocenters. The highest BCUT2D eigenvalue weighted by atomic mass is 35.5. The Kier molecular flexibility index (Phi) is 4.70. The number of aromatic nitrogens is 1. The molecule has 1 aliphatic rings. The fraction of sp³-hybridized carbons (Fsp3) is 0.538. The van der Waals surface area contributed by atoms with Crippen LogP contribution in [0.3, 0.4) is 0 Å². The minimum atomic E-state index is -0.794. The summed E-state index contributed by atoms with van der Waals surface area (Å²) in [4.78, 5) is 22.9. The van der Waals surface area contributed by atoms with Gasteiger partial charge in [0, 0.05) is 19.2 Å². The van der Waals surface area contributed by atoms with Crippen molar-refractivity contribution >= 4 is 23.2 Å². The average Bonchev–Trinajstić information content (AvgIpc) is 2.76. The van der Waals surface area contributed by atoms with Gasteiger partial charge in [-0.05, 0) is 26.8 Å². The molecule has 0 saturated carbocycles. The molecule has 0 aliphatic carbocycles. The van der Waals surface area contributed by atoms with Crippen molar-refractivity contribution < 1.29 is 14.6 Å². The molecule has 2 rings (SSSR count). The third kappa shape index (κ3) is 4.20. The summed E-state index contributed by atoms with van der Waals surface area (Å²) in [5.74, 6) is -0.281. The molecular formula is C13H18ClN5O3. The molecule has 1 N–H and O–H groups in total. The smallest absolute Gasteiger partial charge is 0.271 e. The van der Waals surface area contributed by atoms with E-state index in [0.717, 1.165) is 0 Å². The highest BCUT2D eigenvalue weighted by Gasteiger charge is 2.35. The van der Waals surface area contributed by atoms with Crippen LogP contribution >= 0.6 is 11.6 Å². The van der Waals surface area contributed by atoms with E-state index >= 15 is 0 Å². The number of carbonyl (C=O) groups is 1. The lowest BCUT2D eigenvalue weighted by atomic mass is 10.1. The summed E-state index contributed by atoms with van der Waals surface area (Å²) in [6.45, 7) is 5.87. The minimum Gasteiger partial charge on any atom is -0.569 e. The molecule has 1 saturated heterocycles. The van der Waals surface area contributed by atoms with Crippen molar-refractivity contribution in [1.82, 2.24) is 10.4 Å². The maximum atomic E-state index is 12.2. The summed E-state index contributed by atoms with van der Waals surface area (Å²) in [7, 11) is 0. The van der Waals surface area contributed by atoms with Crippen molar-refractivity contribution in [2.24, 2.45) is 5.28 Å². The first-order chi connectivity index (χ1) is 10.3. The van der Waals surface area contributed by atoms with Gasteiger partial charge in [-0.1, -0.05) is 11.6 Å². The molecule has 9 heteroatoms. The molecule has 0 spiro atoms. The van der Waals surface area contributed by atoms with E-state index in [-0.39, 0.29) is 10.9 Å². The number of carbonyl (C=O) groups excluding carboxylic acids is 1. The first-order valence-electron chi connectivity index (χ1n) is 6.80.